The molecular weight excluding hydrogens is 308 g/mol. The molecule has 126 valence electrons. The zero-order valence-corrected chi connectivity index (χ0v) is 14.1. The number of para-hydroxylation sites is 1. The molecule has 0 saturated carbocycles. The van der Waals surface area contributed by atoms with Crippen molar-refractivity contribution in [2.45, 2.75) is 6.92 Å². The topological polar surface area (TPSA) is 69.2 Å². The van der Waals surface area contributed by atoms with Gasteiger partial charge in [-0.1, -0.05) is 12.1 Å². The number of carbonyl (C=O) groups is 1. The predicted octanol–water partition coefficient (Wildman–Crippen LogP) is 2.87. The first-order valence-electron chi connectivity index (χ1n) is 7.30. The van der Waals surface area contributed by atoms with Gasteiger partial charge in [0.05, 0.1) is 27.0 Å². The fourth-order valence-electron chi connectivity index (χ4n) is 2.14. The van der Waals surface area contributed by atoms with E-state index >= 15 is 0 Å². The van der Waals surface area contributed by atoms with Crippen LogP contribution in [0.1, 0.15) is 22.8 Å². The SMILES string of the molecule is COc1cc(OC)cc(C(=O)N/N=C(/C)c2ccccc2OC)c1. The minimum Gasteiger partial charge on any atom is -0.497 e. The van der Waals surface area contributed by atoms with E-state index in [1.807, 2.05) is 24.3 Å². The summed E-state index contributed by atoms with van der Waals surface area (Å²) in [5.74, 6) is 1.40. The highest BCUT2D eigenvalue weighted by atomic mass is 16.5. The molecule has 0 radical (unpaired) electrons. The smallest absolute Gasteiger partial charge is 0.271 e. The molecule has 0 aromatic heterocycles. The van der Waals surface area contributed by atoms with Gasteiger partial charge in [-0.05, 0) is 31.2 Å². The molecule has 0 aliphatic rings. The van der Waals surface area contributed by atoms with E-state index in [1.54, 1.807) is 32.2 Å². The van der Waals surface area contributed by atoms with Crippen LogP contribution in [0.3, 0.4) is 0 Å². The van der Waals surface area contributed by atoms with Crippen LogP contribution in [0.2, 0.25) is 0 Å². The predicted molar refractivity (Wildman–Crippen MR) is 92.2 cm³/mol. The Morgan fingerprint density at radius 3 is 2.17 bits per heavy atom. The Kier molecular flexibility index (Phi) is 5.78. The van der Waals surface area contributed by atoms with Gasteiger partial charge in [0.1, 0.15) is 17.2 Å². The van der Waals surface area contributed by atoms with Crippen molar-refractivity contribution in [3.63, 3.8) is 0 Å². The molecule has 6 heteroatoms. The first-order valence-corrected chi connectivity index (χ1v) is 7.30. The highest BCUT2D eigenvalue weighted by Crippen LogP contribution is 2.22. The molecule has 0 saturated heterocycles. The van der Waals surface area contributed by atoms with E-state index in [2.05, 4.69) is 10.5 Å². The van der Waals surface area contributed by atoms with Gasteiger partial charge in [0.2, 0.25) is 0 Å². The molecular formula is C18H20N2O4. The second-order valence-corrected chi connectivity index (χ2v) is 4.94. The molecule has 0 fully saturated rings. The van der Waals surface area contributed by atoms with Gasteiger partial charge >= 0.3 is 0 Å². The number of amides is 1. The van der Waals surface area contributed by atoms with Gasteiger partial charge in [-0.2, -0.15) is 5.10 Å². The van der Waals surface area contributed by atoms with Crippen LogP contribution in [0.5, 0.6) is 17.2 Å². The van der Waals surface area contributed by atoms with Gasteiger partial charge in [-0.3, -0.25) is 4.79 Å². The maximum Gasteiger partial charge on any atom is 0.271 e. The molecule has 1 amide bonds. The van der Waals surface area contributed by atoms with Crippen LogP contribution in [0.25, 0.3) is 0 Å². The summed E-state index contributed by atoms with van der Waals surface area (Å²) in [5.41, 5.74) is 4.37. The zero-order valence-electron chi connectivity index (χ0n) is 14.1. The fourth-order valence-corrected chi connectivity index (χ4v) is 2.14. The van der Waals surface area contributed by atoms with Crippen LogP contribution in [-0.2, 0) is 0 Å². The van der Waals surface area contributed by atoms with Gasteiger partial charge in [0, 0.05) is 17.2 Å². The average Bonchev–Trinajstić information content (AvgIpc) is 2.65. The van der Waals surface area contributed by atoms with Gasteiger partial charge < -0.3 is 14.2 Å². The Labute approximate surface area is 141 Å². The summed E-state index contributed by atoms with van der Waals surface area (Å²) in [6.45, 7) is 1.80. The summed E-state index contributed by atoms with van der Waals surface area (Å²) in [4.78, 5) is 12.3. The van der Waals surface area contributed by atoms with Crippen molar-refractivity contribution < 1.29 is 19.0 Å². The molecule has 1 N–H and O–H groups in total. The van der Waals surface area contributed by atoms with Crippen molar-refractivity contribution in [3.05, 3.63) is 53.6 Å². The maximum absolute atomic E-state index is 12.3. The number of nitrogens with zero attached hydrogens (tertiary/aromatic N) is 1. The molecule has 0 aliphatic heterocycles. The molecule has 24 heavy (non-hydrogen) atoms. The van der Waals surface area contributed by atoms with Crippen LogP contribution >= 0.6 is 0 Å². The van der Waals surface area contributed by atoms with Gasteiger partial charge in [-0.25, -0.2) is 5.43 Å². The third-order valence-corrected chi connectivity index (χ3v) is 3.44. The molecule has 0 spiro atoms. The summed E-state index contributed by atoms with van der Waals surface area (Å²) in [7, 11) is 4.65. The Bertz CT molecular complexity index is 734. The molecule has 0 atom stereocenters. The molecule has 0 aliphatic carbocycles. The molecule has 2 rings (SSSR count). The second kappa shape index (κ2) is 8.01. The lowest BCUT2D eigenvalue weighted by Crippen LogP contribution is -2.19. The van der Waals surface area contributed by atoms with Crippen LogP contribution in [0.4, 0.5) is 0 Å². The van der Waals surface area contributed by atoms with Gasteiger partial charge in [0.25, 0.3) is 5.91 Å². The summed E-state index contributed by atoms with van der Waals surface area (Å²) in [5, 5.41) is 4.15. The number of benzene rings is 2. The first-order chi connectivity index (χ1) is 11.6. The Hall–Kier alpha value is -3.02. The van der Waals surface area contributed by atoms with Crippen LogP contribution < -0.4 is 19.6 Å². The van der Waals surface area contributed by atoms with E-state index in [1.165, 1.54) is 14.2 Å². The van der Waals surface area contributed by atoms with Crippen molar-refractivity contribution in [2.75, 3.05) is 21.3 Å². The van der Waals surface area contributed by atoms with E-state index in [-0.39, 0.29) is 5.91 Å². The lowest BCUT2D eigenvalue weighted by atomic mass is 10.1. The van der Waals surface area contributed by atoms with E-state index in [0.717, 1.165) is 5.56 Å². The standard InChI is InChI=1S/C18H20N2O4/c1-12(16-7-5-6-8-17(16)24-4)19-20-18(21)13-9-14(22-2)11-15(10-13)23-3/h5-11H,1-4H3,(H,20,21)/b19-12-. The van der Waals surface area contributed by atoms with Crippen LogP contribution in [0, 0.1) is 0 Å². The van der Waals surface area contributed by atoms with Crippen molar-refractivity contribution in [1.29, 1.82) is 0 Å². The van der Waals surface area contributed by atoms with Crippen LogP contribution in [0.15, 0.2) is 47.6 Å². The molecule has 0 unspecified atom stereocenters. The number of hydrogen-bond donors (Lipinski definition) is 1. The van der Waals surface area contributed by atoms with Crippen molar-refractivity contribution in [1.82, 2.24) is 5.43 Å². The maximum atomic E-state index is 12.3. The lowest BCUT2D eigenvalue weighted by Gasteiger charge is -2.09. The monoisotopic (exact) mass is 328 g/mol. The minimum absolute atomic E-state index is 0.360. The first kappa shape index (κ1) is 17.3. The van der Waals surface area contributed by atoms with E-state index < -0.39 is 0 Å². The van der Waals surface area contributed by atoms with E-state index in [0.29, 0.717) is 28.5 Å². The molecule has 2 aromatic carbocycles. The molecule has 0 heterocycles. The zero-order chi connectivity index (χ0) is 17.5. The Morgan fingerprint density at radius 2 is 1.58 bits per heavy atom. The molecule has 2 aromatic rings. The summed E-state index contributed by atoms with van der Waals surface area (Å²) < 4.78 is 15.6. The molecule has 6 nitrogen and oxygen atoms in total. The quantitative estimate of drug-likeness (QED) is 0.654. The number of ether oxygens (including phenoxy) is 3. The molecule has 0 bridgehead atoms. The van der Waals surface area contributed by atoms with Gasteiger partial charge in [0.15, 0.2) is 0 Å². The minimum atomic E-state index is -0.360. The third kappa shape index (κ3) is 4.04. The van der Waals surface area contributed by atoms with Crippen molar-refractivity contribution >= 4 is 11.6 Å². The summed E-state index contributed by atoms with van der Waals surface area (Å²) >= 11 is 0. The Balaban J connectivity index is 2.20. The number of methoxy groups -OCH3 is 3. The Morgan fingerprint density at radius 1 is 0.958 bits per heavy atom. The van der Waals surface area contributed by atoms with Crippen molar-refractivity contribution in [2.24, 2.45) is 5.10 Å². The lowest BCUT2D eigenvalue weighted by molar-refractivity contribution is 0.0954. The van der Waals surface area contributed by atoms with E-state index in [9.17, 15) is 4.79 Å². The second-order valence-electron chi connectivity index (χ2n) is 4.94. The normalized spacial score (nSPS) is 10.9. The highest BCUT2D eigenvalue weighted by molar-refractivity contribution is 6.02. The summed E-state index contributed by atoms with van der Waals surface area (Å²) in [6, 6.07) is 12.4. The van der Waals surface area contributed by atoms with Crippen molar-refractivity contribution in [3.8, 4) is 17.2 Å². The average molecular weight is 328 g/mol. The third-order valence-electron chi connectivity index (χ3n) is 3.44. The van der Waals surface area contributed by atoms with E-state index in [4.69, 9.17) is 14.2 Å². The number of hydrazone groups is 1. The van der Waals surface area contributed by atoms with Crippen LogP contribution in [-0.4, -0.2) is 32.9 Å². The number of carbonyl (C=O) groups excluding carboxylic acids is 1. The number of nitrogens with one attached hydrogen (secondary N) is 1. The highest BCUT2D eigenvalue weighted by Gasteiger charge is 2.10. The summed E-state index contributed by atoms with van der Waals surface area (Å²) in [6.07, 6.45) is 0. The largest absolute Gasteiger partial charge is 0.497 e. The number of rotatable bonds is 6. The fraction of sp³-hybridized carbons (Fsp3) is 0.222. The van der Waals surface area contributed by atoms with Gasteiger partial charge in [-0.15, -0.1) is 0 Å². The number of hydrogen-bond acceptors (Lipinski definition) is 5.